The Hall–Kier alpha value is -6.54. The van der Waals surface area contributed by atoms with Crippen LogP contribution >= 0.6 is 11.3 Å². The number of hydrogen-bond acceptors (Lipinski definition) is 1. The van der Waals surface area contributed by atoms with Crippen molar-refractivity contribution in [2.45, 2.75) is 57.8 Å². The number of rotatable bonds is 6. The van der Waals surface area contributed by atoms with Crippen LogP contribution in [0.2, 0.25) is 0 Å². The van der Waals surface area contributed by atoms with Crippen LogP contribution in [0.15, 0.2) is 146 Å². The van der Waals surface area contributed by atoms with E-state index in [0.29, 0.717) is 0 Å². The van der Waals surface area contributed by atoms with Gasteiger partial charge in [0.1, 0.15) is 0 Å². The molecule has 0 bridgehead atoms. The summed E-state index contributed by atoms with van der Waals surface area (Å²) in [5.41, 5.74) is 22.3. The molecule has 0 N–H and O–H groups in total. The molecule has 4 aliphatic rings. The zero-order valence-electron chi connectivity index (χ0n) is 35.3. The zero-order chi connectivity index (χ0) is 41.3. The van der Waals surface area contributed by atoms with Gasteiger partial charge in [-0.05, 0) is 198 Å². The summed E-state index contributed by atoms with van der Waals surface area (Å²) >= 11 is 1.95. The van der Waals surface area contributed by atoms with E-state index >= 15 is 0 Å². The van der Waals surface area contributed by atoms with Crippen molar-refractivity contribution in [1.82, 2.24) is 0 Å². The predicted molar refractivity (Wildman–Crippen MR) is 271 cm³/mol. The van der Waals surface area contributed by atoms with E-state index in [0.717, 1.165) is 44.9 Å². The third kappa shape index (κ3) is 6.01. The lowest BCUT2D eigenvalue weighted by Crippen LogP contribution is -2.11. The number of thiophene rings is 1. The third-order valence-electron chi connectivity index (χ3n) is 14.2. The molecule has 0 amide bonds. The number of benzene rings is 7. The molecule has 298 valence electrons. The minimum atomic E-state index is 0.276. The predicted octanol–water partition coefficient (Wildman–Crippen LogP) is 16.9. The molecule has 8 aromatic rings. The second-order valence-electron chi connectivity index (χ2n) is 17.6. The number of allylic oxidation sites excluding steroid dienone is 6. The van der Waals surface area contributed by atoms with Crippen LogP contribution in [0.5, 0.6) is 0 Å². The van der Waals surface area contributed by atoms with E-state index < -0.39 is 0 Å². The Morgan fingerprint density at radius 3 is 2.18 bits per heavy atom. The van der Waals surface area contributed by atoms with E-state index in [4.69, 9.17) is 0 Å². The van der Waals surface area contributed by atoms with Gasteiger partial charge in [-0.1, -0.05) is 146 Å². The molecule has 0 saturated carbocycles. The molecule has 62 heavy (non-hydrogen) atoms. The van der Waals surface area contributed by atoms with Gasteiger partial charge in [0.25, 0.3) is 0 Å². The number of fused-ring (bicyclic) bond motifs is 8. The minimum Gasteiger partial charge on any atom is -0.136 e. The van der Waals surface area contributed by atoms with Crippen molar-refractivity contribution in [3.05, 3.63) is 207 Å². The minimum absolute atomic E-state index is 0.276. The maximum Gasteiger partial charge on any atom is 0.0352 e. The lowest BCUT2D eigenvalue weighted by atomic mass is 9.75. The summed E-state index contributed by atoms with van der Waals surface area (Å²) in [5.74, 6) is 0.276. The van der Waals surface area contributed by atoms with Crippen molar-refractivity contribution in [3.8, 4) is 33.4 Å². The van der Waals surface area contributed by atoms with Crippen molar-refractivity contribution >= 4 is 73.3 Å². The zero-order valence-corrected chi connectivity index (χ0v) is 36.1. The van der Waals surface area contributed by atoms with Crippen LogP contribution in [0.25, 0.3) is 95.4 Å². The van der Waals surface area contributed by atoms with Gasteiger partial charge in [0.05, 0.1) is 0 Å². The van der Waals surface area contributed by atoms with E-state index in [2.05, 4.69) is 177 Å². The average Bonchev–Trinajstić information content (AvgIpc) is 3.69. The highest BCUT2D eigenvalue weighted by atomic mass is 32.1. The molecule has 0 fully saturated rings. The topological polar surface area (TPSA) is 0 Å². The Morgan fingerprint density at radius 2 is 1.31 bits per heavy atom. The maximum absolute atomic E-state index is 4.10. The van der Waals surface area contributed by atoms with E-state index in [1.54, 1.807) is 0 Å². The van der Waals surface area contributed by atoms with Gasteiger partial charge in [-0.2, -0.15) is 0 Å². The summed E-state index contributed by atoms with van der Waals surface area (Å²) in [4.78, 5) is 1.40. The average molecular weight is 813 g/mol. The molecule has 1 heteroatoms. The molecule has 0 aliphatic heterocycles. The van der Waals surface area contributed by atoms with Crippen LogP contribution in [0.1, 0.15) is 85.7 Å². The SMILES string of the molecule is C=C/C=C\c1c(C)c(-c2ccc3ccccc3c2)c2c(c1-c1ccc3sc4c(c3c1)CC(c1c3c(c(-c5ccc6c(c5)C=CCC6)c5ccccc15)CCC=C3)C=C4)CCC=C2. The first kappa shape index (κ1) is 37.2. The Labute approximate surface area is 369 Å². The molecule has 1 unspecified atom stereocenters. The fourth-order valence-corrected chi connectivity index (χ4v) is 12.5. The van der Waals surface area contributed by atoms with Crippen LogP contribution in [-0.4, -0.2) is 0 Å². The molecule has 12 rings (SSSR count). The van der Waals surface area contributed by atoms with E-state index in [1.165, 1.54) is 126 Å². The molecule has 0 radical (unpaired) electrons. The normalized spacial score (nSPS) is 16.2. The molecule has 1 atom stereocenters. The smallest absolute Gasteiger partial charge is 0.0352 e. The van der Waals surface area contributed by atoms with Crippen LogP contribution in [0.3, 0.4) is 0 Å². The largest absolute Gasteiger partial charge is 0.136 e. The summed E-state index contributed by atoms with van der Waals surface area (Å²) < 4.78 is 1.37. The van der Waals surface area contributed by atoms with E-state index in [1.807, 2.05) is 17.4 Å². The third-order valence-corrected chi connectivity index (χ3v) is 15.4. The van der Waals surface area contributed by atoms with Crippen molar-refractivity contribution in [3.63, 3.8) is 0 Å². The van der Waals surface area contributed by atoms with Gasteiger partial charge in [-0.15, -0.1) is 11.3 Å². The standard InChI is InChI=1S/C61H48S/c1-3-4-19-47-38(2)58(43-28-26-39-15-5-7-17-41(39)34-43)48-20-9-10-21-49(48)59(47)45-30-32-56-54(36-45)55-37-46(31-33-57(55)62-56)61-52-24-13-11-22-50(52)60(51-23-12-14-25-53(51)61)44-29-27-40-16-6-8-18-42(40)35-44/h3-5,7-9,11,13-15,17-20,22,24-36,46H,1,6,10,12,16,21,23,37H2,2H3/b19-4-. The van der Waals surface area contributed by atoms with E-state index in [9.17, 15) is 0 Å². The fourth-order valence-electron chi connectivity index (χ4n) is 11.4. The first-order chi connectivity index (χ1) is 30.6. The summed E-state index contributed by atoms with van der Waals surface area (Å²) in [5, 5.41) is 6.72. The highest BCUT2D eigenvalue weighted by molar-refractivity contribution is 7.20. The molecule has 0 saturated heterocycles. The Balaban J connectivity index is 1.00. The van der Waals surface area contributed by atoms with Crippen molar-refractivity contribution in [1.29, 1.82) is 0 Å². The fraction of sp³-hybridized carbons (Fsp3) is 0.148. The molecule has 1 heterocycles. The highest BCUT2D eigenvalue weighted by Gasteiger charge is 2.29. The van der Waals surface area contributed by atoms with Gasteiger partial charge in [0.15, 0.2) is 0 Å². The molecule has 7 aromatic carbocycles. The van der Waals surface area contributed by atoms with E-state index in [-0.39, 0.29) is 5.92 Å². The van der Waals surface area contributed by atoms with Gasteiger partial charge in [0, 0.05) is 15.5 Å². The lowest BCUT2D eigenvalue weighted by Gasteiger charge is -2.28. The van der Waals surface area contributed by atoms with Crippen molar-refractivity contribution < 1.29 is 0 Å². The van der Waals surface area contributed by atoms with Gasteiger partial charge >= 0.3 is 0 Å². The summed E-state index contributed by atoms with van der Waals surface area (Å²) in [6.45, 7) is 6.42. The second-order valence-corrected chi connectivity index (χ2v) is 18.7. The lowest BCUT2D eigenvalue weighted by molar-refractivity contribution is 0.836. The highest BCUT2D eigenvalue weighted by Crippen LogP contribution is 2.49. The van der Waals surface area contributed by atoms with Gasteiger partial charge in [-0.25, -0.2) is 0 Å². The van der Waals surface area contributed by atoms with Crippen molar-refractivity contribution in [2.75, 3.05) is 0 Å². The molecular weight excluding hydrogens is 765 g/mol. The Bertz CT molecular complexity index is 3350. The summed E-state index contributed by atoms with van der Waals surface area (Å²) in [6.07, 6.45) is 33.1. The molecule has 0 nitrogen and oxygen atoms in total. The summed E-state index contributed by atoms with van der Waals surface area (Å²) in [7, 11) is 0. The van der Waals surface area contributed by atoms with Gasteiger partial charge < -0.3 is 0 Å². The number of aryl methyl sites for hydroxylation is 1. The van der Waals surface area contributed by atoms with Gasteiger partial charge in [-0.3, -0.25) is 0 Å². The van der Waals surface area contributed by atoms with Crippen molar-refractivity contribution in [2.24, 2.45) is 0 Å². The molecule has 0 spiro atoms. The van der Waals surface area contributed by atoms with Gasteiger partial charge in [0.2, 0.25) is 0 Å². The molecule has 4 aliphatic carbocycles. The monoisotopic (exact) mass is 812 g/mol. The van der Waals surface area contributed by atoms with Crippen LogP contribution < -0.4 is 0 Å². The first-order valence-corrected chi connectivity index (χ1v) is 23.4. The number of hydrogen-bond donors (Lipinski definition) is 0. The van der Waals surface area contributed by atoms with Crippen LogP contribution in [-0.2, 0) is 25.7 Å². The quantitative estimate of drug-likeness (QED) is 0.147. The summed E-state index contributed by atoms with van der Waals surface area (Å²) in [6, 6.07) is 39.5. The maximum atomic E-state index is 4.10. The van der Waals surface area contributed by atoms with Crippen LogP contribution in [0.4, 0.5) is 0 Å². The van der Waals surface area contributed by atoms with Crippen LogP contribution in [0, 0.1) is 6.92 Å². The molecular formula is C61H48S. The Morgan fingerprint density at radius 1 is 0.597 bits per heavy atom. The molecule has 1 aromatic heterocycles. The Kier molecular flexibility index (Phi) is 9.08. The first-order valence-electron chi connectivity index (χ1n) is 22.5. The second kappa shape index (κ2) is 15.1.